The fraction of sp³-hybridized carbons (Fsp3) is 0.630. The van der Waals surface area contributed by atoms with E-state index in [0.717, 1.165) is 25.9 Å². The lowest BCUT2D eigenvalue weighted by Gasteiger charge is -2.28. The Morgan fingerprint density at radius 1 is 1.16 bits per heavy atom. The number of nitrogens with zero attached hydrogens (tertiary/aromatic N) is 2. The number of likely N-dealkylation sites (N-methyl/N-ethyl adjacent to an activating group) is 2. The molecular formula is C27H41N5O5. The standard InChI is InChI=1S/C27H41N5O5/c1-5-32-12-8-9-19(32)17-28-26(35)21-16-24(33)29-22(15-18(2)3)27(36)31(4)13-14-37-23-11-7-6-10-20(23)25(34)30-21/h6-7,10-11,18-19,21-22H,5,8-9,12-17H2,1-4H3,(H,28,35)(H,29,33)(H,30,34)/t19-,21-,22+/m0/s1. The van der Waals surface area contributed by atoms with Crippen LogP contribution in [0.15, 0.2) is 24.3 Å². The van der Waals surface area contributed by atoms with E-state index in [4.69, 9.17) is 4.74 Å². The van der Waals surface area contributed by atoms with E-state index in [0.29, 0.717) is 25.3 Å². The fourth-order valence-electron chi connectivity index (χ4n) is 4.91. The molecule has 204 valence electrons. The van der Waals surface area contributed by atoms with Crippen LogP contribution >= 0.6 is 0 Å². The SMILES string of the molecule is CCN1CCC[C@H]1CNC(=O)[C@@H]1CC(=O)N[C@H](CC(C)C)C(=O)N(C)CCOc2ccccc2C(=O)N1. The lowest BCUT2D eigenvalue weighted by Crippen LogP contribution is -2.54. The van der Waals surface area contributed by atoms with Gasteiger partial charge in [0.2, 0.25) is 17.7 Å². The number of carbonyl (C=O) groups excluding carboxylic acids is 4. The van der Waals surface area contributed by atoms with Gasteiger partial charge in [0.15, 0.2) is 0 Å². The van der Waals surface area contributed by atoms with Crippen molar-refractivity contribution in [3.8, 4) is 5.75 Å². The molecule has 2 aliphatic rings. The molecule has 10 heteroatoms. The molecule has 10 nitrogen and oxygen atoms in total. The van der Waals surface area contributed by atoms with Gasteiger partial charge in [0.05, 0.1) is 18.5 Å². The molecule has 0 aliphatic carbocycles. The van der Waals surface area contributed by atoms with Gasteiger partial charge in [-0.2, -0.15) is 0 Å². The topological polar surface area (TPSA) is 120 Å². The maximum absolute atomic E-state index is 13.2. The van der Waals surface area contributed by atoms with Crippen LogP contribution in [0.3, 0.4) is 0 Å². The molecule has 0 saturated carbocycles. The van der Waals surface area contributed by atoms with Crippen LogP contribution in [-0.2, 0) is 14.4 Å². The van der Waals surface area contributed by atoms with E-state index in [1.807, 2.05) is 13.8 Å². The summed E-state index contributed by atoms with van der Waals surface area (Å²) < 4.78 is 5.85. The molecule has 3 N–H and O–H groups in total. The molecule has 3 rings (SSSR count). The number of carbonyl (C=O) groups is 4. The van der Waals surface area contributed by atoms with Gasteiger partial charge in [-0.3, -0.25) is 24.1 Å². The smallest absolute Gasteiger partial charge is 0.255 e. The van der Waals surface area contributed by atoms with Crippen molar-refractivity contribution in [3.05, 3.63) is 29.8 Å². The molecule has 2 heterocycles. The highest BCUT2D eigenvalue weighted by Crippen LogP contribution is 2.19. The third kappa shape index (κ3) is 7.92. The molecule has 1 aromatic carbocycles. The summed E-state index contributed by atoms with van der Waals surface area (Å²) in [7, 11) is 1.66. The number of benzene rings is 1. The lowest BCUT2D eigenvalue weighted by atomic mass is 10.0. The minimum Gasteiger partial charge on any atom is -0.491 e. The van der Waals surface area contributed by atoms with E-state index in [2.05, 4.69) is 27.8 Å². The predicted molar refractivity (Wildman–Crippen MR) is 140 cm³/mol. The van der Waals surface area contributed by atoms with E-state index in [-0.39, 0.29) is 36.5 Å². The van der Waals surface area contributed by atoms with Crippen molar-refractivity contribution in [3.63, 3.8) is 0 Å². The number of hydrogen-bond donors (Lipinski definition) is 3. The quantitative estimate of drug-likeness (QED) is 0.523. The van der Waals surface area contributed by atoms with Crippen LogP contribution in [0, 0.1) is 5.92 Å². The van der Waals surface area contributed by atoms with Crippen molar-refractivity contribution in [2.24, 2.45) is 5.92 Å². The third-order valence-electron chi connectivity index (χ3n) is 6.96. The van der Waals surface area contributed by atoms with Gasteiger partial charge in [-0.25, -0.2) is 0 Å². The van der Waals surface area contributed by atoms with Crippen molar-refractivity contribution in [1.82, 2.24) is 25.8 Å². The van der Waals surface area contributed by atoms with E-state index in [9.17, 15) is 19.2 Å². The van der Waals surface area contributed by atoms with Gasteiger partial charge in [-0.05, 0) is 50.4 Å². The fourth-order valence-corrected chi connectivity index (χ4v) is 4.91. The van der Waals surface area contributed by atoms with Crippen LogP contribution in [0.25, 0.3) is 0 Å². The molecule has 4 amide bonds. The van der Waals surface area contributed by atoms with Crippen LogP contribution in [0.1, 0.15) is 56.8 Å². The molecule has 0 bridgehead atoms. The van der Waals surface area contributed by atoms with Gasteiger partial charge in [0.1, 0.15) is 24.4 Å². The molecule has 3 atom stereocenters. The molecule has 0 aromatic heterocycles. The minimum atomic E-state index is -1.10. The van der Waals surface area contributed by atoms with Crippen LogP contribution < -0.4 is 20.7 Å². The average molecular weight is 516 g/mol. The number of nitrogens with one attached hydrogen (secondary N) is 3. The molecule has 2 aliphatic heterocycles. The van der Waals surface area contributed by atoms with Crippen LogP contribution in [-0.4, -0.2) is 91.4 Å². The second kappa shape index (κ2) is 13.4. The molecular weight excluding hydrogens is 474 g/mol. The summed E-state index contributed by atoms with van der Waals surface area (Å²) in [5.74, 6) is -1.10. The summed E-state index contributed by atoms with van der Waals surface area (Å²) in [4.78, 5) is 56.5. The first-order valence-electron chi connectivity index (χ1n) is 13.3. The monoisotopic (exact) mass is 515 g/mol. The Labute approximate surface area is 219 Å². The average Bonchev–Trinajstić information content (AvgIpc) is 3.33. The second-order valence-electron chi connectivity index (χ2n) is 10.3. The summed E-state index contributed by atoms with van der Waals surface area (Å²) in [5.41, 5.74) is 0.261. The molecule has 0 radical (unpaired) electrons. The normalized spacial score (nSPS) is 24.1. The number of para-hydroxylation sites is 1. The van der Waals surface area contributed by atoms with Gasteiger partial charge in [0, 0.05) is 19.6 Å². The second-order valence-corrected chi connectivity index (χ2v) is 10.3. The third-order valence-corrected chi connectivity index (χ3v) is 6.96. The summed E-state index contributed by atoms with van der Waals surface area (Å²) in [6, 6.07) is 5.13. The van der Waals surface area contributed by atoms with Gasteiger partial charge in [-0.15, -0.1) is 0 Å². The van der Waals surface area contributed by atoms with Crippen molar-refractivity contribution < 1.29 is 23.9 Å². The maximum Gasteiger partial charge on any atom is 0.255 e. The van der Waals surface area contributed by atoms with E-state index >= 15 is 0 Å². The van der Waals surface area contributed by atoms with Crippen LogP contribution in [0.4, 0.5) is 0 Å². The highest BCUT2D eigenvalue weighted by Gasteiger charge is 2.31. The minimum absolute atomic E-state index is 0.163. The molecule has 1 fully saturated rings. The highest BCUT2D eigenvalue weighted by molar-refractivity contribution is 6.01. The Hall–Kier alpha value is -3.14. The predicted octanol–water partition coefficient (Wildman–Crippen LogP) is 1.16. The Bertz CT molecular complexity index is 968. The number of amides is 4. The summed E-state index contributed by atoms with van der Waals surface area (Å²) in [5, 5.41) is 8.47. The van der Waals surface area contributed by atoms with Gasteiger partial charge < -0.3 is 25.6 Å². The van der Waals surface area contributed by atoms with Crippen molar-refractivity contribution in [1.29, 1.82) is 0 Å². The van der Waals surface area contributed by atoms with Crippen molar-refractivity contribution in [2.45, 2.75) is 64.6 Å². The van der Waals surface area contributed by atoms with Crippen molar-refractivity contribution in [2.75, 3.05) is 39.8 Å². The summed E-state index contributed by atoms with van der Waals surface area (Å²) in [6.45, 7) is 8.85. The number of hydrogen-bond acceptors (Lipinski definition) is 6. The zero-order valence-corrected chi connectivity index (χ0v) is 22.4. The Balaban J connectivity index is 1.83. The molecule has 37 heavy (non-hydrogen) atoms. The van der Waals surface area contributed by atoms with E-state index in [1.54, 1.807) is 31.3 Å². The number of rotatable bonds is 6. The van der Waals surface area contributed by atoms with Gasteiger partial charge in [0.25, 0.3) is 5.91 Å². The van der Waals surface area contributed by atoms with E-state index in [1.165, 1.54) is 4.90 Å². The zero-order chi connectivity index (χ0) is 26.9. The molecule has 0 unspecified atom stereocenters. The number of fused-ring (bicyclic) bond motifs is 1. The Kier molecular flexibility index (Phi) is 10.3. The van der Waals surface area contributed by atoms with Crippen molar-refractivity contribution >= 4 is 23.6 Å². The molecule has 0 spiro atoms. The molecule has 1 saturated heterocycles. The number of likely N-dealkylation sites (tertiary alicyclic amines) is 1. The Morgan fingerprint density at radius 3 is 2.65 bits per heavy atom. The van der Waals surface area contributed by atoms with Crippen LogP contribution in [0.5, 0.6) is 5.75 Å². The molecule has 1 aromatic rings. The summed E-state index contributed by atoms with van der Waals surface area (Å²) in [6.07, 6.45) is 2.24. The highest BCUT2D eigenvalue weighted by atomic mass is 16.5. The summed E-state index contributed by atoms with van der Waals surface area (Å²) >= 11 is 0. The lowest BCUT2D eigenvalue weighted by molar-refractivity contribution is -0.136. The number of ether oxygens (including phenoxy) is 1. The first-order valence-corrected chi connectivity index (χ1v) is 13.3. The first kappa shape index (κ1) is 28.4. The Morgan fingerprint density at radius 2 is 1.92 bits per heavy atom. The largest absolute Gasteiger partial charge is 0.491 e. The van der Waals surface area contributed by atoms with Gasteiger partial charge >= 0.3 is 0 Å². The van der Waals surface area contributed by atoms with Crippen LogP contribution in [0.2, 0.25) is 0 Å². The first-order chi connectivity index (χ1) is 17.7. The van der Waals surface area contributed by atoms with Gasteiger partial charge in [-0.1, -0.05) is 32.9 Å². The van der Waals surface area contributed by atoms with E-state index < -0.39 is 29.8 Å². The zero-order valence-electron chi connectivity index (χ0n) is 22.4. The maximum atomic E-state index is 13.2.